The topological polar surface area (TPSA) is 178 Å². The quantitative estimate of drug-likeness (QED) is 0.267. The van der Waals surface area contributed by atoms with Crippen molar-refractivity contribution < 1.29 is 24.0 Å². The van der Waals surface area contributed by atoms with E-state index < -0.39 is 35.8 Å². The van der Waals surface area contributed by atoms with Crippen molar-refractivity contribution >= 4 is 29.5 Å². The zero-order valence-electron chi connectivity index (χ0n) is 26.4. The van der Waals surface area contributed by atoms with Crippen LogP contribution < -0.4 is 21.3 Å². The Labute approximate surface area is 268 Å². The summed E-state index contributed by atoms with van der Waals surface area (Å²) in [7, 11) is 0. The summed E-state index contributed by atoms with van der Waals surface area (Å²) in [5.41, 5.74) is 2.14. The molecule has 46 heavy (non-hydrogen) atoms. The third kappa shape index (κ3) is 9.71. The second-order valence-corrected chi connectivity index (χ2v) is 11.9. The van der Waals surface area contributed by atoms with Crippen molar-refractivity contribution in [3.05, 3.63) is 83.2 Å². The molecule has 0 saturated carbocycles. The van der Waals surface area contributed by atoms with E-state index in [1.54, 1.807) is 36.1 Å². The molecule has 0 aliphatic carbocycles. The minimum Gasteiger partial charge on any atom is -0.354 e. The average Bonchev–Trinajstić information content (AvgIpc) is 3.58. The summed E-state index contributed by atoms with van der Waals surface area (Å²) in [5, 5.41) is 21.3. The Hall–Kier alpha value is -5.07. The third-order valence-corrected chi connectivity index (χ3v) is 7.66. The Kier molecular flexibility index (Phi) is 12.0. The van der Waals surface area contributed by atoms with E-state index in [-0.39, 0.29) is 36.4 Å². The maximum atomic E-state index is 13.7. The van der Waals surface area contributed by atoms with Crippen molar-refractivity contribution in [3.8, 4) is 0 Å². The van der Waals surface area contributed by atoms with E-state index in [1.807, 2.05) is 44.2 Å². The molecule has 5 N–H and O–H groups in total. The molecule has 2 aliphatic heterocycles. The van der Waals surface area contributed by atoms with Crippen molar-refractivity contribution in [2.24, 2.45) is 5.92 Å². The van der Waals surface area contributed by atoms with Crippen LogP contribution >= 0.6 is 0 Å². The number of fused-ring (bicyclic) bond motifs is 18. The van der Waals surface area contributed by atoms with E-state index in [0.717, 1.165) is 11.1 Å². The summed E-state index contributed by atoms with van der Waals surface area (Å²) in [4.78, 5) is 68.0. The maximum absolute atomic E-state index is 13.7. The standard InChI is InChI=1S/C33H42N8O5/c1-21(2)17-26-31(44)36-22(3)29(42)34-15-7-8-16-41(33(46)28-19-35-40-39-28)20-24-11-13-25(14-12-24)30(43)37-27(32(45)38-26)18-23-9-5-4-6-10-23/h4-6,9-14,19,21-22,26-27H,7-8,15-18,20H2,1-3H3,(H,34,42)(H,36,44)(H,37,43)(H,38,45)(H,35,39,40)/t22-,26+,27-/m1/s1. The van der Waals surface area contributed by atoms with Gasteiger partial charge in [-0.15, -0.1) is 0 Å². The predicted molar refractivity (Wildman–Crippen MR) is 170 cm³/mol. The fraction of sp³-hybridized carbons (Fsp3) is 0.424. The summed E-state index contributed by atoms with van der Waals surface area (Å²) in [6.07, 6.45) is 3.08. The van der Waals surface area contributed by atoms with Gasteiger partial charge >= 0.3 is 0 Å². The van der Waals surface area contributed by atoms with Gasteiger partial charge in [-0.25, -0.2) is 0 Å². The van der Waals surface area contributed by atoms with E-state index in [4.69, 9.17) is 0 Å². The molecular formula is C33H42N8O5. The second kappa shape index (κ2) is 16.3. The van der Waals surface area contributed by atoms with Gasteiger partial charge in [0, 0.05) is 31.6 Å². The summed E-state index contributed by atoms with van der Waals surface area (Å²) in [6.45, 7) is 6.45. The van der Waals surface area contributed by atoms with Crippen molar-refractivity contribution in [2.75, 3.05) is 13.1 Å². The van der Waals surface area contributed by atoms with Crippen LogP contribution in [0.5, 0.6) is 0 Å². The monoisotopic (exact) mass is 630 g/mol. The number of hydrogen-bond acceptors (Lipinski definition) is 7. The first-order valence-corrected chi connectivity index (χ1v) is 15.6. The van der Waals surface area contributed by atoms with Gasteiger partial charge in [0.05, 0.1) is 6.20 Å². The summed E-state index contributed by atoms with van der Waals surface area (Å²) in [5.74, 6) is -2.07. The van der Waals surface area contributed by atoms with E-state index >= 15 is 0 Å². The van der Waals surface area contributed by atoms with Crippen LogP contribution in [0.15, 0.2) is 60.8 Å². The highest BCUT2D eigenvalue weighted by molar-refractivity contribution is 5.99. The van der Waals surface area contributed by atoms with E-state index in [2.05, 4.69) is 36.7 Å². The molecule has 13 heteroatoms. The van der Waals surface area contributed by atoms with Crippen LogP contribution in [0.2, 0.25) is 0 Å². The molecule has 3 aromatic rings. The van der Waals surface area contributed by atoms with E-state index in [9.17, 15) is 24.0 Å². The molecule has 2 bridgehead atoms. The zero-order chi connectivity index (χ0) is 33.1. The van der Waals surface area contributed by atoms with Crippen LogP contribution in [0.3, 0.4) is 0 Å². The normalized spacial score (nSPS) is 20.7. The first-order chi connectivity index (χ1) is 22.1. The van der Waals surface area contributed by atoms with Gasteiger partial charge in [0.1, 0.15) is 18.1 Å². The molecule has 1 aromatic heterocycles. The number of amides is 5. The largest absolute Gasteiger partial charge is 0.354 e. The van der Waals surface area contributed by atoms with Gasteiger partial charge in [0.25, 0.3) is 11.8 Å². The molecule has 3 heterocycles. The van der Waals surface area contributed by atoms with Gasteiger partial charge in [-0.3, -0.25) is 24.0 Å². The van der Waals surface area contributed by atoms with Crippen molar-refractivity contribution in [3.63, 3.8) is 0 Å². The Morgan fingerprint density at radius 2 is 1.61 bits per heavy atom. The molecule has 2 aromatic carbocycles. The smallest absolute Gasteiger partial charge is 0.276 e. The SMILES string of the molecule is CC(C)C[C@@H]1NC(=O)[C@@H](Cc2ccccc2)NC(=O)c2ccc(cc2)CN(C(=O)c2cn[nH]n2)CCCCNC(=O)[C@@H](C)NC1=O. The molecule has 5 rings (SSSR count). The third-order valence-electron chi connectivity index (χ3n) is 7.66. The lowest BCUT2D eigenvalue weighted by molar-refractivity contribution is -0.132. The maximum Gasteiger partial charge on any atom is 0.276 e. The number of benzene rings is 2. The number of hydrogen-bond donors (Lipinski definition) is 5. The zero-order valence-corrected chi connectivity index (χ0v) is 26.4. The number of carbonyl (C=O) groups excluding carboxylic acids is 5. The number of H-pyrrole nitrogens is 1. The molecule has 0 radical (unpaired) electrons. The van der Waals surface area contributed by atoms with Gasteiger partial charge in [-0.2, -0.15) is 15.4 Å². The van der Waals surface area contributed by atoms with Crippen LogP contribution in [0.1, 0.15) is 72.0 Å². The van der Waals surface area contributed by atoms with Crippen molar-refractivity contribution in [2.45, 2.75) is 71.1 Å². The van der Waals surface area contributed by atoms with E-state index in [0.29, 0.717) is 37.9 Å². The van der Waals surface area contributed by atoms with Gasteiger partial charge in [0.15, 0.2) is 5.69 Å². The highest BCUT2D eigenvalue weighted by Gasteiger charge is 2.29. The van der Waals surface area contributed by atoms with Crippen LogP contribution in [0.4, 0.5) is 0 Å². The minimum atomic E-state index is -0.984. The molecule has 3 atom stereocenters. The highest BCUT2D eigenvalue weighted by atomic mass is 16.2. The Morgan fingerprint density at radius 1 is 0.891 bits per heavy atom. The highest BCUT2D eigenvalue weighted by Crippen LogP contribution is 2.13. The lowest BCUT2D eigenvalue weighted by atomic mass is 10.0. The lowest BCUT2D eigenvalue weighted by Crippen LogP contribution is -2.57. The van der Waals surface area contributed by atoms with Crippen LogP contribution in [0.25, 0.3) is 0 Å². The van der Waals surface area contributed by atoms with Gasteiger partial charge < -0.3 is 26.2 Å². The Balaban J connectivity index is 1.61. The number of nitrogens with one attached hydrogen (secondary N) is 5. The second-order valence-electron chi connectivity index (χ2n) is 11.9. The Bertz CT molecular complexity index is 1480. The van der Waals surface area contributed by atoms with Gasteiger partial charge in [-0.1, -0.05) is 56.3 Å². The van der Waals surface area contributed by atoms with Crippen LogP contribution in [0, 0.1) is 5.92 Å². The molecule has 2 aliphatic rings. The molecular weight excluding hydrogens is 588 g/mol. The van der Waals surface area contributed by atoms with Crippen LogP contribution in [-0.2, 0) is 27.3 Å². The van der Waals surface area contributed by atoms with Crippen LogP contribution in [-0.4, -0.2) is 81.1 Å². The first-order valence-electron chi connectivity index (χ1n) is 15.6. The number of aromatic nitrogens is 3. The summed E-state index contributed by atoms with van der Waals surface area (Å²) in [6, 6.07) is 13.3. The lowest BCUT2D eigenvalue weighted by Gasteiger charge is -2.25. The molecule has 0 unspecified atom stereocenters. The van der Waals surface area contributed by atoms with Crippen molar-refractivity contribution in [1.29, 1.82) is 0 Å². The van der Waals surface area contributed by atoms with Gasteiger partial charge in [-0.05, 0) is 55.4 Å². The predicted octanol–water partition coefficient (Wildman–Crippen LogP) is 1.73. The first kappa shape index (κ1) is 33.8. The summed E-state index contributed by atoms with van der Waals surface area (Å²) >= 11 is 0. The molecule has 0 fully saturated rings. The van der Waals surface area contributed by atoms with Crippen molar-refractivity contribution in [1.82, 2.24) is 41.6 Å². The number of aromatic amines is 1. The molecule has 0 spiro atoms. The number of nitrogens with zero attached hydrogens (tertiary/aromatic N) is 3. The molecule has 13 nitrogen and oxygen atoms in total. The average molecular weight is 631 g/mol. The minimum absolute atomic E-state index is 0.0612. The summed E-state index contributed by atoms with van der Waals surface area (Å²) < 4.78 is 0. The number of rotatable bonds is 5. The molecule has 0 saturated heterocycles. The Morgan fingerprint density at radius 3 is 2.28 bits per heavy atom. The fourth-order valence-electron chi connectivity index (χ4n) is 5.15. The number of carbonyl (C=O) groups is 5. The molecule has 244 valence electrons. The van der Waals surface area contributed by atoms with E-state index in [1.165, 1.54) is 6.20 Å². The molecule has 5 amide bonds. The fourth-order valence-corrected chi connectivity index (χ4v) is 5.15. The van der Waals surface area contributed by atoms with Gasteiger partial charge in [0.2, 0.25) is 17.7 Å².